The van der Waals surface area contributed by atoms with Gasteiger partial charge in [-0.15, -0.1) is 17.9 Å². The Labute approximate surface area is 105 Å². The molecule has 1 atom stereocenters. The second-order valence-corrected chi connectivity index (χ2v) is 6.61. The predicted molar refractivity (Wildman–Crippen MR) is 69.2 cm³/mol. The van der Waals surface area contributed by atoms with E-state index in [1.165, 1.54) is 5.56 Å². The van der Waals surface area contributed by atoms with Gasteiger partial charge < -0.3 is 0 Å². The maximum Gasteiger partial charge on any atom is 0.0758 e. The second kappa shape index (κ2) is 6.02. The Morgan fingerprint density at radius 3 is 2.79 bits per heavy atom. The quantitative estimate of drug-likeness (QED) is 0.487. The number of nitrogens with one attached hydrogen (secondary N) is 1. The molecule has 3 N–H and O–H groups in total. The number of halogens is 2. The molecule has 1 aromatic rings. The van der Waals surface area contributed by atoms with E-state index >= 15 is 0 Å². The van der Waals surface area contributed by atoms with E-state index in [0.717, 1.165) is 20.4 Å². The Balaban J connectivity index is 2.77. The SMILES string of the molecule is C=CCCC(NN)c1cc(Br)sc1Br. The van der Waals surface area contributed by atoms with Crippen molar-refractivity contribution in [1.29, 1.82) is 0 Å². The third-order valence-electron chi connectivity index (χ3n) is 1.92. The minimum atomic E-state index is 0.185. The molecule has 0 saturated heterocycles. The number of thiophene rings is 1. The summed E-state index contributed by atoms with van der Waals surface area (Å²) >= 11 is 8.62. The number of nitrogens with two attached hydrogens (primary N) is 1. The van der Waals surface area contributed by atoms with Gasteiger partial charge in [0.25, 0.3) is 0 Å². The molecule has 14 heavy (non-hydrogen) atoms. The minimum Gasteiger partial charge on any atom is -0.271 e. The van der Waals surface area contributed by atoms with Crippen LogP contribution in [0.1, 0.15) is 24.4 Å². The van der Waals surface area contributed by atoms with Gasteiger partial charge in [-0.2, -0.15) is 0 Å². The summed E-state index contributed by atoms with van der Waals surface area (Å²) in [5.41, 5.74) is 4.02. The molecule has 0 saturated carbocycles. The molecule has 78 valence electrons. The topological polar surface area (TPSA) is 38.0 Å². The van der Waals surface area contributed by atoms with Crippen molar-refractivity contribution in [2.24, 2.45) is 5.84 Å². The Morgan fingerprint density at radius 1 is 1.64 bits per heavy atom. The summed E-state index contributed by atoms with van der Waals surface area (Å²) < 4.78 is 2.23. The highest BCUT2D eigenvalue weighted by molar-refractivity contribution is 9.12. The molecular weight excluding hydrogens is 328 g/mol. The number of allylic oxidation sites excluding steroid dienone is 1. The molecular formula is C9H12Br2N2S. The van der Waals surface area contributed by atoms with Gasteiger partial charge in [-0.3, -0.25) is 11.3 Å². The Hall–Kier alpha value is 0.320. The molecule has 0 radical (unpaired) electrons. The van der Waals surface area contributed by atoms with Crippen LogP contribution in [0.3, 0.4) is 0 Å². The van der Waals surface area contributed by atoms with Gasteiger partial charge in [0, 0.05) is 6.04 Å². The molecule has 0 aliphatic heterocycles. The first-order valence-corrected chi connectivity index (χ1v) is 6.61. The first-order chi connectivity index (χ1) is 6.69. The van der Waals surface area contributed by atoms with Crippen LogP contribution in [0.4, 0.5) is 0 Å². The predicted octanol–water partition coefficient (Wildman–Crippen LogP) is 3.74. The van der Waals surface area contributed by atoms with Crippen molar-refractivity contribution < 1.29 is 0 Å². The zero-order valence-electron chi connectivity index (χ0n) is 7.59. The highest BCUT2D eigenvalue weighted by atomic mass is 79.9. The average molecular weight is 340 g/mol. The second-order valence-electron chi connectivity index (χ2n) is 2.86. The van der Waals surface area contributed by atoms with Crippen molar-refractivity contribution in [1.82, 2.24) is 5.43 Å². The summed E-state index contributed by atoms with van der Waals surface area (Å²) in [7, 11) is 0. The molecule has 2 nitrogen and oxygen atoms in total. The molecule has 0 aliphatic rings. The van der Waals surface area contributed by atoms with Crippen molar-refractivity contribution >= 4 is 43.2 Å². The van der Waals surface area contributed by atoms with E-state index in [0.29, 0.717) is 0 Å². The smallest absolute Gasteiger partial charge is 0.0758 e. The van der Waals surface area contributed by atoms with Crippen LogP contribution in [0.25, 0.3) is 0 Å². The molecule has 0 bridgehead atoms. The fraction of sp³-hybridized carbons (Fsp3) is 0.333. The van der Waals surface area contributed by atoms with Crippen molar-refractivity contribution in [3.8, 4) is 0 Å². The van der Waals surface area contributed by atoms with Gasteiger partial charge >= 0.3 is 0 Å². The van der Waals surface area contributed by atoms with Crippen LogP contribution in [0.2, 0.25) is 0 Å². The largest absolute Gasteiger partial charge is 0.271 e. The van der Waals surface area contributed by atoms with Crippen molar-refractivity contribution in [3.63, 3.8) is 0 Å². The number of rotatable bonds is 5. The number of hydrogen-bond donors (Lipinski definition) is 2. The minimum absolute atomic E-state index is 0.185. The lowest BCUT2D eigenvalue weighted by Crippen LogP contribution is -2.27. The van der Waals surface area contributed by atoms with E-state index in [1.807, 2.05) is 6.08 Å². The van der Waals surface area contributed by atoms with Gasteiger partial charge in [0.05, 0.1) is 7.57 Å². The Bertz CT molecular complexity index is 312. The Morgan fingerprint density at radius 2 is 2.36 bits per heavy atom. The fourth-order valence-electron chi connectivity index (χ4n) is 1.20. The normalized spacial score (nSPS) is 12.8. The molecule has 0 spiro atoms. The number of hydrazine groups is 1. The van der Waals surface area contributed by atoms with E-state index in [1.54, 1.807) is 11.3 Å². The lowest BCUT2D eigenvalue weighted by Gasteiger charge is -2.13. The van der Waals surface area contributed by atoms with Gasteiger partial charge in [-0.05, 0) is 56.3 Å². The molecule has 1 heterocycles. The van der Waals surface area contributed by atoms with Crippen LogP contribution in [0, 0.1) is 0 Å². The van der Waals surface area contributed by atoms with E-state index in [9.17, 15) is 0 Å². The summed E-state index contributed by atoms with van der Waals surface area (Å²) in [6.45, 7) is 3.70. The van der Waals surface area contributed by atoms with Crippen LogP contribution in [-0.2, 0) is 0 Å². The van der Waals surface area contributed by atoms with Gasteiger partial charge in [-0.1, -0.05) is 6.08 Å². The van der Waals surface area contributed by atoms with E-state index < -0.39 is 0 Å². The van der Waals surface area contributed by atoms with Gasteiger partial charge in [0.15, 0.2) is 0 Å². The first-order valence-electron chi connectivity index (χ1n) is 4.20. The van der Waals surface area contributed by atoms with E-state index in [2.05, 4.69) is 49.9 Å². The summed E-state index contributed by atoms with van der Waals surface area (Å²) in [6, 6.07) is 2.27. The molecule has 1 rings (SSSR count). The van der Waals surface area contributed by atoms with Crippen LogP contribution >= 0.6 is 43.2 Å². The van der Waals surface area contributed by atoms with Crippen molar-refractivity contribution in [3.05, 3.63) is 31.9 Å². The van der Waals surface area contributed by atoms with Crippen LogP contribution in [0.5, 0.6) is 0 Å². The van der Waals surface area contributed by atoms with Crippen LogP contribution < -0.4 is 11.3 Å². The molecule has 0 amide bonds. The molecule has 5 heteroatoms. The summed E-state index contributed by atoms with van der Waals surface area (Å²) in [5, 5.41) is 0. The van der Waals surface area contributed by atoms with Crippen molar-refractivity contribution in [2.45, 2.75) is 18.9 Å². The highest BCUT2D eigenvalue weighted by Crippen LogP contribution is 2.36. The van der Waals surface area contributed by atoms with E-state index in [4.69, 9.17) is 5.84 Å². The molecule has 0 fully saturated rings. The summed E-state index contributed by atoms with van der Waals surface area (Å²) in [4.78, 5) is 0. The molecule has 0 aromatic carbocycles. The third-order valence-corrected chi connectivity index (χ3v) is 4.30. The van der Waals surface area contributed by atoms with Gasteiger partial charge in [0.2, 0.25) is 0 Å². The van der Waals surface area contributed by atoms with Gasteiger partial charge in [-0.25, -0.2) is 0 Å². The van der Waals surface area contributed by atoms with Crippen LogP contribution in [-0.4, -0.2) is 0 Å². The first kappa shape index (κ1) is 12.4. The fourth-order valence-corrected chi connectivity index (χ4v) is 4.18. The molecule has 0 aliphatic carbocycles. The standard InChI is InChI=1S/C9H12Br2N2S/c1-2-3-4-7(13-12)6-5-8(10)14-9(6)11/h2,5,7,13H,1,3-4,12H2. The average Bonchev–Trinajstić information content (AvgIpc) is 2.47. The lowest BCUT2D eigenvalue weighted by atomic mass is 10.1. The zero-order valence-corrected chi connectivity index (χ0v) is 11.6. The maximum absolute atomic E-state index is 5.51. The zero-order chi connectivity index (χ0) is 10.6. The highest BCUT2D eigenvalue weighted by Gasteiger charge is 2.14. The summed E-state index contributed by atoms with van der Waals surface area (Å²) in [5.74, 6) is 5.51. The number of hydrogen-bond acceptors (Lipinski definition) is 3. The summed E-state index contributed by atoms with van der Waals surface area (Å²) in [6.07, 6.45) is 3.82. The van der Waals surface area contributed by atoms with Crippen molar-refractivity contribution in [2.75, 3.05) is 0 Å². The van der Waals surface area contributed by atoms with Gasteiger partial charge in [0.1, 0.15) is 0 Å². The lowest BCUT2D eigenvalue weighted by molar-refractivity contribution is 0.521. The Kier molecular flexibility index (Phi) is 5.33. The monoisotopic (exact) mass is 338 g/mol. The van der Waals surface area contributed by atoms with Crippen LogP contribution in [0.15, 0.2) is 26.3 Å². The molecule has 1 aromatic heterocycles. The third kappa shape index (κ3) is 3.17. The molecule has 1 unspecified atom stereocenters. The maximum atomic E-state index is 5.51. The van der Waals surface area contributed by atoms with E-state index in [-0.39, 0.29) is 6.04 Å².